The van der Waals surface area contributed by atoms with Crippen LogP contribution >= 0.6 is 11.8 Å². The van der Waals surface area contributed by atoms with Crippen LogP contribution in [0, 0.1) is 6.92 Å². The Balaban J connectivity index is 2.34. The summed E-state index contributed by atoms with van der Waals surface area (Å²) in [5.74, 6) is 0.879. The van der Waals surface area contributed by atoms with Gasteiger partial charge in [0.15, 0.2) is 5.16 Å². The van der Waals surface area contributed by atoms with Crippen LogP contribution in [0.15, 0.2) is 35.5 Å². The second-order valence-corrected chi connectivity index (χ2v) is 7.23. The van der Waals surface area contributed by atoms with E-state index in [0.717, 1.165) is 0 Å². The standard InChI is InChI=1S/C18H24N2O3S/c1-12-8-6-7-9-13(12)18(2,3)14(11-21)24-17-19-15(22-4)10-16(20-17)23-5/h6-10,14,21H,11H2,1-5H3. The number of nitrogens with zero attached hydrogens (tertiary/aromatic N) is 2. The Labute approximate surface area is 147 Å². The van der Waals surface area contributed by atoms with E-state index in [-0.39, 0.29) is 17.3 Å². The topological polar surface area (TPSA) is 64.5 Å². The predicted molar refractivity (Wildman–Crippen MR) is 96.1 cm³/mol. The van der Waals surface area contributed by atoms with Gasteiger partial charge < -0.3 is 14.6 Å². The maximum atomic E-state index is 9.99. The monoisotopic (exact) mass is 348 g/mol. The molecule has 24 heavy (non-hydrogen) atoms. The minimum atomic E-state index is -0.259. The lowest BCUT2D eigenvalue weighted by molar-refractivity contribution is 0.260. The third-order valence-electron chi connectivity index (χ3n) is 4.13. The maximum Gasteiger partial charge on any atom is 0.220 e. The third-order valence-corrected chi connectivity index (χ3v) is 5.55. The molecule has 1 unspecified atom stereocenters. The van der Waals surface area contributed by atoms with E-state index in [2.05, 4.69) is 42.9 Å². The summed E-state index contributed by atoms with van der Waals surface area (Å²) in [6.07, 6.45) is 0. The van der Waals surface area contributed by atoms with Crippen LogP contribution in [0.25, 0.3) is 0 Å². The average molecular weight is 348 g/mol. The highest BCUT2D eigenvalue weighted by Crippen LogP contribution is 2.39. The summed E-state index contributed by atoms with van der Waals surface area (Å²) in [5, 5.41) is 10.4. The lowest BCUT2D eigenvalue weighted by Gasteiger charge is -2.34. The van der Waals surface area contributed by atoms with Gasteiger partial charge in [0.2, 0.25) is 11.8 Å². The first kappa shape index (κ1) is 18.5. The van der Waals surface area contributed by atoms with Crippen molar-refractivity contribution in [3.8, 4) is 11.8 Å². The molecule has 0 saturated heterocycles. The number of rotatable bonds is 7. The number of hydrogen-bond donors (Lipinski definition) is 1. The number of aryl methyl sites for hydroxylation is 1. The molecule has 130 valence electrons. The molecule has 0 spiro atoms. The van der Waals surface area contributed by atoms with Gasteiger partial charge in [0.05, 0.1) is 26.9 Å². The van der Waals surface area contributed by atoms with Gasteiger partial charge in [-0.05, 0) is 18.1 Å². The van der Waals surface area contributed by atoms with Crippen molar-refractivity contribution in [1.29, 1.82) is 0 Å². The Morgan fingerprint density at radius 1 is 1.12 bits per heavy atom. The molecule has 5 nitrogen and oxygen atoms in total. The van der Waals surface area contributed by atoms with Gasteiger partial charge in [0.1, 0.15) is 0 Å². The van der Waals surface area contributed by atoms with Gasteiger partial charge in [-0.3, -0.25) is 0 Å². The van der Waals surface area contributed by atoms with Gasteiger partial charge in [-0.2, -0.15) is 9.97 Å². The minimum absolute atomic E-state index is 0.00882. The fraction of sp³-hybridized carbons (Fsp3) is 0.444. The molecule has 0 fully saturated rings. The first-order chi connectivity index (χ1) is 11.4. The molecule has 1 atom stereocenters. The Hall–Kier alpha value is -1.79. The van der Waals surface area contributed by atoms with Gasteiger partial charge in [-0.1, -0.05) is 49.9 Å². The lowest BCUT2D eigenvalue weighted by atomic mass is 9.79. The second kappa shape index (κ2) is 7.85. The highest BCUT2D eigenvalue weighted by molar-refractivity contribution is 7.99. The fourth-order valence-corrected chi connectivity index (χ4v) is 3.69. The van der Waals surface area contributed by atoms with Crippen molar-refractivity contribution in [1.82, 2.24) is 9.97 Å². The molecule has 1 aromatic heterocycles. The molecule has 1 aromatic carbocycles. The van der Waals surface area contributed by atoms with Crippen molar-refractivity contribution in [3.05, 3.63) is 41.5 Å². The summed E-state index contributed by atoms with van der Waals surface area (Å²) in [6.45, 7) is 6.34. The molecule has 0 saturated carbocycles. The summed E-state index contributed by atoms with van der Waals surface area (Å²) in [5.41, 5.74) is 2.14. The fourth-order valence-electron chi connectivity index (χ4n) is 2.65. The number of benzene rings is 1. The molecule has 0 aliphatic carbocycles. The number of aliphatic hydroxyl groups is 1. The van der Waals surface area contributed by atoms with E-state index in [1.54, 1.807) is 20.3 Å². The molecular weight excluding hydrogens is 324 g/mol. The molecule has 0 amide bonds. The summed E-state index contributed by atoms with van der Waals surface area (Å²) >= 11 is 1.43. The Bertz CT molecular complexity index is 669. The molecule has 6 heteroatoms. The van der Waals surface area contributed by atoms with Crippen LogP contribution in [0.3, 0.4) is 0 Å². The van der Waals surface area contributed by atoms with Gasteiger partial charge in [-0.25, -0.2) is 0 Å². The van der Waals surface area contributed by atoms with Crippen molar-refractivity contribution in [2.75, 3.05) is 20.8 Å². The zero-order valence-corrected chi connectivity index (χ0v) is 15.6. The normalized spacial score (nSPS) is 12.8. The zero-order chi connectivity index (χ0) is 17.7. The number of aromatic nitrogens is 2. The Morgan fingerprint density at radius 2 is 1.71 bits per heavy atom. The van der Waals surface area contributed by atoms with Gasteiger partial charge in [-0.15, -0.1) is 0 Å². The second-order valence-electron chi connectivity index (χ2n) is 6.06. The van der Waals surface area contributed by atoms with Crippen LogP contribution in [0.2, 0.25) is 0 Å². The molecule has 2 aromatic rings. The Kier molecular flexibility index (Phi) is 6.07. The summed E-state index contributed by atoms with van der Waals surface area (Å²) in [7, 11) is 3.11. The summed E-state index contributed by atoms with van der Waals surface area (Å²) < 4.78 is 10.4. The first-order valence-electron chi connectivity index (χ1n) is 7.73. The van der Waals surface area contributed by atoms with E-state index < -0.39 is 0 Å². The molecule has 0 aliphatic rings. The molecule has 0 radical (unpaired) electrons. The molecule has 1 N–H and O–H groups in total. The average Bonchev–Trinajstić information content (AvgIpc) is 2.59. The van der Waals surface area contributed by atoms with Crippen LogP contribution in [0.5, 0.6) is 11.8 Å². The summed E-state index contributed by atoms with van der Waals surface area (Å²) in [4.78, 5) is 8.71. The zero-order valence-electron chi connectivity index (χ0n) is 14.7. The smallest absolute Gasteiger partial charge is 0.220 e. The van der Waals surface area contributed by atoms with Crippen molar-refractivity contribution in [2.45, 2.75) is 36.6 Å². The highest BCUT2D eigenvalue weighted by Gasteiger charge is 2.33. The maximum absolute atomic E-state index is 9.99. The van der Waals surface area contributed by atoms with Gasteiger partial charge in [0, 0.05) is 10.7 Å². The predicted octanol–water partition coefficient (Wildman–Crippen LogP) is 3.23. The Morgan fingerprint density at radius 3 is 2.21 bits per heavy atom. The minimum Gasteiger partial charge on any atom is -0.481 e. The van der Waals surface area contributed by atoms with E-state index in [4.69, 9.17) is 9.47 Å². The lowest BCUT2D eigenvalue weighted by Crippen LogP contribution is -2.35. The highest BCUT2D eigenvalue weighted by atomic mass is 32.2. The van der Waals surface area contributed by atoms with Crippen LogP contribution in [0.4, 0.5) is 0 Å². The molecular formula is C18H24N2O3S. The molecule has 1 heterocycles. The van der Waals surface area contributed by atoms with E-state index >= 15 is 0 Å². The molecule has 0 bridgehead atoms. The van der Waals surface area contributed by atoms with Gasteiger partial charge >= 0.3 is 0 Å². The van der Waals surface area contributed by atoms with Crippen LogP contribution in [-0.2, 0) is 5.41 Å². The third kappa shape index (κ3) is 3.99. The van der Waals surface area contributed by atoms with Crippen LogP contribution < -0.4 is 9.47 Å². The number of hydrogen-bond acceptors (Lipinski definition) is 6. The molecule has 0 aliphatic heterocycles. The van der Waals surface area contributed by atoms with Crippen molar-refractivity contribution in [3.63, 3.8) is 0 Å². The number of methoxy groups -OCH3 is 2. The first-order valence-corrected chi connectivity index (χ1v) is 8.61. The van der Waals surface area contributed by atoms with E-state index in [1.807, 2.05) is 12.1 Å². The van der Waals surface area contributed by atoms with Crippen LogP contribution in [0.1, 0.15) is 25.0 Å². The van der Waals surface area contributed by atoms with Crippen LogP contribution in [-0.4, -0.2) is 41.2 Å². The number of ether oxygens (including phenoxy) is 2. The van der Waals surface area contributed by atoms with Crippen molar-refractivity contribution in [2.24, 2.45) is 0 Å². The number of aliphatic hydroxyl groups excluding tert-OH is 1. The summed E-state index contributed by atoms with van der Waals surface area (Å²) in [6, 6.07) is 9.86. The van der Waals surface area contributed by atoms with Crippen molar-refractivity contribution < 1.29 is 14.6 Å². The SMILES string of the molecule is COc1cc(OC)nc(SC(CO)C(C)(C)c2ccccc2C)n1. The molecule has 2 rings (SSSR count). The quantitative estimate of drug-likeness (QED) is 0.612. The largest absolute Gasteiger partial charge is 0.481 e. The van der Waals surface area contributed by atoms with Crippen molar-refractivity contribution >= 4 is 11.8 Å². The van der Waals surface area contributed by atoms with E-state index in [9.17, 15) is 5.11 Å². The van der Waals surface area contributed by atoms with Gasteiger partial charge in [0.25, 0.3) is 0 Å². The van der Waals surface area contributed by atoms with E-state index in [1.165, 1.54) is 22.9 Å². The van der Waals surface area contributed by atoms with E-state index in [0.29, 0.717) is 16.9 Å². The number of thioether (sulfide) groups is 1.